The van der Waals surface area contributed by atoms with Gasteiger partial charge < -0.3 is 15.0 Å². The zero-order valence-corrected chi connectivity index (χ0v) is 21.8. The molecular formula is C28H26ClN3O4S. The Morgan fingerprint density at radius 2 is 1.68 bits per heavy atom. The molecule has 9 heteroatoms. The number of carbonyl (C=O) groups excluding carboxylic acids is 3. The summed E-state index contributed by atoms with van der Waals surface area (Å²) in [6, 6.07) is 22.4. The van der Waals surface area contributed by atoms with E-state index in [-0.39, 0.29) is 24.8 Å². The Hall–Kier alpha value is -3.75. The minimum absolute atomic E-state index is 0.0858. The molecule has 7 nitrogen and oxygen atoms in total. The van der Waals surface area contributed by atoms with Crippen LogP contribution in [0.1, 0.15) is 29.3 Å². The van der Waals surface area contributed by atoms with Crippen LogP contribution in [0.5, 0.6) is 0 Å². The fourth-order valence-electron chi connectivity index (χ4n) is 4.10. The van der Waals surface area contributed by atoms with Crippen molar-refractivity contribution >= 4 is 58.1 Å². The highest BCUT2D eigenvalue weighted by atomic mass is 35.5. The molecule has 1 atom stereocenters. The van der Waals surface area contributed by atoms with Crippen LogP contribution in [-0.4, -0.2) is 47.0 Å². The SMILES string of the molecule is CCOC(=O)c1ccc(NC(=O)C[C@H]2C(=O)N(c3ccc(Cl)cc3)C(=S)N2CCc2ccccc2)cc1. The highest BCUT2D eigenvalue weighted by Gasteiger charge is 2.43. The second-order valence-corrected chi connectivity index (χ2v) is 9.23. The fraction of sp³-hybridized carbons (Fsp3) is 0.214. The lowest BCUT2D eigenvalue weighted by molar-refractivity contribution is -0.124. The van der Waals surface area contributed by atoms with Crippen molar-refractivity contribution in [3.05, 3.63) is 95.0 Å². The third-order valence-corrected chi connectivity index (χ3v) is 6.62. The Kier molecular flexibility index (Phi) is 8.53. The topological polar surface area (TPSA) is 78.9 Å². The first-order chi connectivity index (χ1) is 17.9. The molecule has 1 heterocycles. The Morgan fingerprint density at radius 3 is 2.32 bits per heavy atom. The van der Waals surface area contributed by atoms with Gasteiger partial charge in [-0.1, -0.05) is 41.9 Å². The number of anilines is 2. The molecular weight excluding hydrogens is 510 g/mol. The second kappa shape index (κ2) is 12.0. The lowest BCUT2D eigenvalue weighted by atomic mass is 10.1. The van der Waals surface area contributed by atoms with Gasteiger partial charge in [-0.3, -0.25) is 14.5 Å². The second-order valence-electron chi connectivity index (χ2n) is 8.43. The number of nitrogens with zero attached hydrogens (tertiary/aromatic N) is 2. The number of carbonyl (C=O) groups is 3. The molecule has 4 rings (SSSR count). The van der Waals surface area contributed by atoms with Gasteiger partial charge in [-0.2, -0.15) is 0 Å². The van der Waals surface area contributed by atoms with Gasteiger partial charge >= 0.3 is 5.97 Å². The highest BCUT2D eigenvalue weighted by Crippen LogP contribution is 2.29. The molecule has 0 aromatic heterocycles. The Bertz CT molecular complexity index is 1280. The molecule has 1 saturated heterocycles. The third-order valence-electron chi connectivity index (χ3n) is 5.95. The molecule has 1 aliphatic heterocycles. The molecule has 2 amide bonds. The van der Waals surface area contributed by atoms with Crippen molar-refractivity contribution in [2.24, 2.45) is 0 Å². The minimum atomic E-state index is -0.759. The summed E-state index contributed by atoms with van der Waals surface area (Å²) in [5, 5.41) is 3.70. The van der Waals surface area contributed by atoms with Crippen LogP contribution in [0.4, 0.5) is 11.4 Å². The first-order valence-corrected chi connectivity index (χ1v) is 12.7. The van der Waals surface area contributed by atoms with Gasteiger partial charge in [-0.05, 0) is 79.7 Å². The van der Waals surface area contributed by atoms with Crippen LogP contribution in [0.2, 0.25) is 5.02 Å². The number of amides is 2. The molecule has 37 heavy (non-hydrogen) atoms. The van der Waals surface area contributed by atoms with Crippen LogP contribution in [0, 0.1) is 0 Å². The monoisotopic (exact) mass is 535 g/mol. The summed E-state index contributed by atoms with van der Waals surface area (Å²) in [6.07, 6.45) is 0.577. The van der Waals surface area contributed by atoms with Gasteiger partial charge in [0.2, 0.25) is 5.91 Å². The van der Waals surface area contributed by atoms with Gasteiger partial charge in [0.05, 0.1) is 24.3 Å². The van der Waals surface area contributed by atoms with Gasteiger partial charge in [-0.25, -0.2) is 4.79 Å². The van der Waals surface area contributed by atoms with Crippen molar-refractivity contribution in [1.29, 1.82) is 0 Å². The molecule has 0 bridgehead atoms. The summed E-state index contributed by atoms with van der Waals surface area (Å²) >= 11 is 11.7. The first-order valence-electron chi connectivity index (χ1n) is 11.9. The number of benzene rings is 3. The molecule has 0 radical (unpaired) electrons. The van der Waals surface area contributed by atoms with Crippen molar-refractivity contribution in [3.63, 3.8) is 0 Å². The van der Waals surface area contributed by atoms with Gasteiger partial charge in [0.15, 0.2) is 5.11 Å². The average Bonchev–Trinajstić information content (AvgIpc) is 3.12. The van der Waals surface area contributed by atoms with Crippen LogP contribution < -0.4 is 10.2 Å². The number of nitrogens with one attached hydrogen (secondary N) is 1. The summed E-state index contributed by atoms with van der Waals surface area (Å²) < 4.78 is 4.99. The van der Waals surface area contributed by atoms with E-state index < -0.39 is 12.0 Å². The van der Waals surface area contributed by atoms with E-state index in [9.17, 15) is 14.4 Å². The van der Waals surface area contributed by atoms with E-state index in [1.165, 1.54) is 4.90 Å². The summed E-state index contributed by atoms with van der Waals surface area (Å²) in [7, 11) is 0. The van der Waals surface area contributed by atoms with Gasteiger partial charge in [-0.15, -0.1) is 0 Å². The van der Waals surface area contributed by atoms with E-state index >= 15 is 0 Å². The number of thiocarbonyl (C=S) groups is 1. The molecule has 3 aromatic rings. The smallest absolute Gasteiger partial charge is 0.338 e. The lowest BCUT2D eigenvalue weighted by Gasteiger charge is -2.24. The van der Waals surface area contributed by atoms with Crippen molar-refractivity contribution in [3.8, 4) is 0 Å². The summed E-state index contributed by atoms with van der Waals surface area (Å²) in [5.74, 6) is -1.04. The predicted molar refractivity (Wildman–Crippen MR) is 148 cm³/mol. The van der Waals surface area contributed by atoms with Gasteiger partial charge in [0.25, 0.3) is 5.91 Å². The van der Waals surface area contributed by atoms with Crippen LogP contribution in [0.3, 0.4) is 0 Å². The average molecular weight is 536 g/mol. The molecule has 1 aliphatic rings. The quantitative estimate of drug-likeness (QED) is 0.304. The molecule has 0 spiro atoms. The standard InChI is InChI=1S/C28H26ClN3O4S/c1-2-36-27(35)20-8-12-22(13-9-20)30-25(33)18-24-26(34)32(23-14-10-21(29)11-15-23)28(37)31(24)17-16-19-6-4-3-5-7-19/h3-15,24H,2,16-18H2,1H3,(H,30,33)/t24-/m0/s1. The van der Waals surface area contributed by atoms with E-state index in [1.807, 2.05) is 35.2 Å². The lowest BCUT2D eigenvalue weighted by Crippen LogP contribution is -2.39. The number of ether oxygens (including phenoxy) is 1. The Morgan fingerprint density at radius 1 is 1.00 bits per heavy atom. The first kappa shape index (κ1) is 26.3. The van der Waals surface area contributed by atoms with Crippen LogP contribution in [0.25, 0.3) is 0 Å². The number of rotatable bonds is 9. The Labute approximate surface area is 226 Å². The van der Waals surface area contributed by atoms with E-state index in [4.69, 9.17) is 28.6 Å². The van der Waals surface area contributed by atoms with Crippen LogP contribution in [0.15, 0.2) is 78.9 Å². The number of hydrogen-bond acceptors (Lipinski definition) is 5. The predicted octanol–water partition coefficient (Wildman–Crippen LogP) is 5.09. The third kappa shape index (κ3) is 6.34. The Balaban J connectivity index is 1.50. The summed E-state index contributed by atoms with van der Waals surface area (Å²) in [6.45, 7) is 2.49. The van der Waals surface area contributed by atoms with Crippen molar-refractivity contribution in [1.82, 2.24) is 4.90 Å². The van der Waals surface area contributed by atoms with Crippen molar-refractivity contribution in [2.45, 2.75) is 25.8 Å². The van der Waals surface area contributed by atoms with E-state index in [1.54, 1.807) is 55.5 Å². The van der Waals surface area contributed by atoms with E-state index in [0.29, 0.717) is 40.0 Å². The van der Waals surface area contributed by atoms with E-state index in [0.717, 1.165) is 5.56 Å². The molecule has 0 saturated carbocycles. The van der Waals surface area contributed by atoms with Crippen molar-refractivity contribution < 1.29 is 19.1 Å². The molecule has 0 aliphatic carbocycles. The fourth-order valence-corrected chi connectivity index (χ4v) is 4.64. The van der Waals surface area contributed by atoms with Crippen molar-refractivity contribution in [2.75, 3.05) is 23.4 Å². The summed E-state index contributed by atoms with van der Waals surface area (Å²) in [4.78, 5) is 41.6. The zero-order valence-electron chi connectivity index (χ0n) is 20.2. The maximum Gasteiger partial charge on any atom is 0.338 e. The van der Waals surface area contributed by atoms with E-state index in [2.05, 4.69) is 5.32 Å². The van der Waals surface area contributed by atoms with Crippen LogP contribution >= 0.6 is 23.8 Å². The molecule has 3 aromatic carbocycles. The minimum Gasteiger partial charge on any atom is -0.462 e. The molecule has 1 fully saturated rings. The molecule has 0 unspecified atom stereocenters. The summed E-state index contributed by atoms with van der Waals surface area (Å²) in [5.41, 5.74) is 2.60. The van der Waals surface area contributed by atoms with Crippen LogP contribution in [-0.2, 0) is 20.7 Å². The largest absolute Gasteiger partial charge is 0.462 e. The maximum absolute atomic E-state index is 13.5. The number of hydrogen-bond donors (Lipinski definition) is 1. The zero-order chi connectivity index (χ0) is 26.4. The van der Waals surface area contributed by atoms with Gasteiger partial charge in [0.1, 0.15) is 6.04 Å². The normalized spacial score (nSPS) is 15.1. The highest BCUT2D eigenvalue weighted by molar-refractivity contribution is 7.80. The molecule has 190 valence electrons. The number of esters is 1. The maximum atomic E-state index is 13.5. The number of halogens is 1. The molecule has 1 N–H and O–H groups in total. The van der Waals surface area contributed by atoms with Gasteiger partial charge in [0, 0.05) is 17.3 Å².